The number of nitrogens with two attached hydrogens (primary N) is 1. The molecule has 1 aliphatic rings. The molecular formula is C18H17Cl2N2O2+. The van der Waals surface area contributed by atoms with Crippen LogP contribution in [-0.4, -0.2) is 17.9 Å². The molecule has 2 N–H and O–H groups in total. The van der Waals surface area contributed by atoms with Crippen LogP contribution in [0.2, 0.25) is 10.0 Å². The van der Waals surface area contributed by atoms with Gasteiger partial charge in [-0.15, -0.1) is 0 Å². The van der Waals surface area contributed by atoms with Crippen molar-refractivity contribution in [2.45, 2.75) is 25.9 Å². The van der Waals surface area contributed by atoms with Crippen LogP contribution >= 0.6 is 23.2 Å². The molecule has 0 aromatic heterocycles. The van der Waals surface area contributed by atoms with Gasteiger partial charge in [0.2, 0.25) is 5.91 Å². The molecule has 1 fully saturated rings. The lowest BCUT2D eigenvalue weighted by Gasteiger charge is -2.14. The fraction of sp³-hybridized carbons (Fsp3) is 0.222. The number of amides is 2. The maximum Gasteiger partial charge on any atom is 0.292 e. The first-order valence-corrected chi connectivity index (χ1v) is 8.42. The van der Waals surface area contributed by atoms with E-state index >= 15 is 0 Å². The number of aryl methyl sites for hydroxylation is 1. The fourth-order valence-electron chi connectivity index (χ4n) is 2.76. The molecule has 2 amide bonds. The average molecular weight is 364 g/mol. The van der Waals surface area contributed by atoms with E-state index in [1.807, 2.05) is 30.4 Å². The van der Waals surface area contributed by atoms with Crippen molar-refractivity contribution >= 4 is 40.7 Å². The number of carbonyl (C=O) groups is 2. The van der Waals surface area contributed by atoms with Gasteiger partial charge in [0.1, 0.15) is 6.54 Å². The molecule has 0 saturated carbocycles. The van der Waals surface area contributed by atoms with Gasteiger partial charge in [0.05, 0.1) is 17.1 Å². The van der Waals surface area contributed by atoms with Gasteiger partial charge in [-0.05, 0) is 31.2 Å². The van der Waals surface area contributed by atoms with Crippen LogP contribution in [0.25, 0.3) is 0 Å². The molecule has 3 rings (SSSR count). The predicted molar refractivity (Wildman–Crippen MR) is 94.2 cm³/mol. The Morgan fingerprint density at radius 2 is 1.83 bits per heavy atom. The summed E-state index contributed by atoms with van der Waals surface area (Å²) in [6, 6.07) is 12.2. The lowest BCUT2D eigenvalue weighted by Crippen LogP contribution is -2.90. The summed E-state index contributed by atoms with van der Waals surface area (Å²) in [6.45, 7) is 2.48. The standard InChI is InChI=1S/C18H16Cl2N2O2/c1-11-2-6-14(7-3-11)22-17(23)9-16(18(22)24)21-10-12-4-5-13(19)8-15(12)20/h2-8,16,21H,9-10H2,1H3/p+1/t16-/m1/s1. The molecule has 0 spiro atoms. The van der Waals surface area contributed by atoms with E-state index in [1.165, 1.54) is 4.90 Å². The van der Waals surface area contributed by atoms with Crippen molar-refractivity contribution in [1.29, 1.82) is 0 Å². The highest BCUT2D eigenvalue weighted by molar-refractivity contribution is 6.35. The summed E-state index contributed by atoms with van der Waals surface area (Å²) in [6.07, 6.45) is 0.192. The number of hydrogen-bond donors (Lipinski definition) is 1. The largest absolute Gasteiger partial charge is 0.332 e. The molecule has 1 saturated heterocycles. The van der Waals surface area contributed by atoms with E-state index in [0.717, 1.165) is 11.1 Å². The summed E-state index contributed by atoms with van der Waals surface area (Å²) >= 11 is 12.0. The van der Waals surface area contributed by atoms with E-state index in [1.54, 1.807) is 24.3 Å². The summed E-state index contributed by atoms with van der Waals surface area (Å²) < 4.78 is 0. The maximum atomic E-state index is 12.6. The fourth-order valence-corrected chi connectivity index (χ4v) is 3.25. The minimum atomic E-state index is -0.425. The molecule has 1 aliphatic heterocycles. The third-order valence-corrected chi connectivity index (χ3v) is 4.70. The summed E-state index contributed by atoms with van der Waals surface area (Å²) in [7, 11) is 0. The summed E-state index contributed by atoms with van der Waals surface area (Å²) in [5.74, 6) is -0.360. The SMILES string of the molecule is Cc1ccc(N2C(=O)C[C@@H]([NH2+]Cc3ccc(Cl)cc3Cl)C2=O)cc1. The topological polar surface area (TPSA) is 54.0 Å². The van der Waals surface area contributed by atoms with Crippen LogP contribution in [0.3, 0.4) is 0 Å². The van der Waals surface area contributed by atoms with Gasteiger partial charge < -0.3 is 5.32 Å². The Labute approximate surface area is 150 Å². The Bertz CT molecular complexity index is 790. The Kier molecular flexibility index (Phi) is 4.90. The first kappa shape index (κ1) is 17.0. The Hall–Kier alpha value is -1.88. The van der Waals surface area contributed by atoms with Crippen molar-refractivity contribution < 1.29 is 14.9 Å². The number of quaternary nitrogens is 1. The molecule has 124 valence electrons. The summed E-state index contributed by atoms with van der Waals surface area (Å²) in [4.78, 5) is 26.1. The highest BCUT2D eigenvalue weighted by atomic mass is 35.5. The van der Waals surface area contributed by atoms with Crippen molar-refractivity contribution in [2.75, 3.05) is 4.90 Å². The molecular weight excluding hydrogens is 347 g/mol. The van der Waals surface area contributed by atoms with Crippen LogP contribution in [0, 0.1) is 6.92 Å². The van der Waals surface area contributed by atoms with Crippen molar-refractivity contribution in [1.82, 2.24) is 0 Å². The summed E-state index contributed by atoms with van der Waals surface area (Å²) in [5.41, 5.74) is 2.59. The van der Waals surface area contributed by atoms with Crippen molar-refractivity contribution in [3.8, 4) is 0 Å². The second-order valence-corrected chi connectivity index (χ2v) is 6.73. The van der Waals surface area contributed by atoms with Crippen molar-refractivity contribution in [3.05, 3.63) is 63.6 Å². The molecule has 6 heteroatoms. The molecule has 2 aromatic rings. The molecule has 1 heterocycles. The van der Waals surface area contributed by atoms with E-state index in [4.69, 9.17) is 23.2 Å². The zero-order chi connectivity index (χ0) is 17.3. The monoisotopic (exact) mass is 363 g/mol. The molecule has 0 bridgehead atoms. The minimum Gasteiger partial charge on any atom is -0.332 e. The highest BCUT2D eigenvalue weighted by Crippen LogP contribution is 2.23. The smallest absolute Gasteiger partial charge is 0.292 e. The number of rotatable bonds is 4. The predicted octanol–water partition coefficient (Wildman–Crippen LogP) is 2.70. The second kappa shape index (κ2) is 6.93. The number of nitrogens with zero attached hydrogens (tertiary/aromatic N) is 1. The Morgan fingerprint density at radius 3 is 2.50 bits per heavy atom. The zero-order valence-electron chi connectivity index (χ0n) is 13.1. The van der Waals surface area contributed by atoms with Crippen LogP contribution in [0.4, 0.5) is 5.69 Å². The van der Waals surface area contributed by atoms with E-state index in [-0.39, 0.29) is 18.2 Å². The third-order valence-electron chi connectivity index (χ3n) is 4.11. The number of benzene rings is 2. The first-order chi connectivity index (χ1) is 11.5. The third kappa shape index (κ3) is 3.46. The zero-order valence-corrected chi connectivity index (χ0v) is 14.6. The Balaban J connectivity index is 1.71. The van der Waals surface area contributed by atoms with Gasteiger partial charge in [-0.3, -0.25) is 9.59 Å². The maximum absolute atomic E-state index is 12.6. The quantitative estimate of drug-likeness (QED) is 0.849. The van der Waals surface area contributed by atoms with Gasteiger partial charge in [0.25, 0.3) is 5.91 Å². The van der Waals surface area contributed by atoms with Gasteiger partial charge in [-0.25, -0.2) is 4.90 Å². The van der Waals surface area contributed by atoms with Gasteiger partial charge in [0, 0.05) is 10.6 Å². The van der Waals surface area contributed by atoms with Gasteiger partial charge in [-0.1, -0.05) is 47.0 Å². The number of imide groups is 1. The molecule has 0 aliphatic carbocycles. The second-order valence-electron chi connectivity index (χ2n) is 5.89. The van der Waals surface area contributed by atoms with Crippen LogP contribution in [0.1, 0.15) is 17.5 Å². The van der Waals surface area contributed by atoms with Crippen molar-refractivity contribution in [3.63, 3.8) is 0 Å². The van der Waals surface area contributed by atoms with E-state index in [9.17, 15) is 9.59 Å². The number of anilines is 1. The molecule has 2 aromatic carbocycles. The number of carbonyl (C=O) groups excluding carboxylic acids is 2. The van der Waals surface area contributed by atoms with Crippen LogP contribution in [0.5, 0.6) is 0 Å². The van der Waals surface area contributed by atoms with Crippen LogP contribution in [-0.2, 0) is 16.1 Å². The van der Waals surface area contributed by atoms with Crippen LogP contribution < -0.4 is 10.2 Å². The first-order valence-electron chi connectivity index (χ1n) is 7.66. The van der Waals surface area contributed by atoms with E-state index < -0.39 is 6.04 Å². The number of hydrogen-bond acceptors (Lipinski definition) is 2. The summed E-state index contributed by atoms with van der Waals surface area (Å²) in [5, 5.41) is 2.98. The molecule has 0 unspecified atom stereocenters. The van der Waals surface area contributed by atoms with Crippen molar-refractivity contribution in [2.24, 2.45) is 0 Å². The van der Waals surface area contributed by atoms with Crippen LogP contribution in [0.15, 0.2) is 42.5 Å². The van der Waals surface area contributed by atoms with Gasteiger partial charge >= 0.3 is 0 Å². The Morgan fingerprint density at radius 1 is 1.12 bits per heavy atom. The van der Waals surface area contributed by atoms with E-state index in [2.05, 4.69) is 0 Å². The average Bonchev–Trinajstić information content (AvgIpc) is 2.82. The van der Waals surface area contributed by atoms with E-state index in [0.29, 0.717) is 22.3 Å². The number of halogens is 2. The molecule has 4 nitrogen and oxygen atoms in total. The van der Waals surface area contributed by atoms with Gasteiger partial charge in [-0.2, -0.15) is 0 Å². The molecule has 1 atom stereocenters. The lowest BCUT2D eigenvalue weighted by molar-refractivity contribution is -0.690. The normalized spacial score (nSPS) is 17.6. The highest BCUT2D eigenvalue weighted by Gasteiger charge is 2.42. The molecule has 0 radical (unpaired) electrons. The van der Waals surface area contributed by atoms with Gasteiger partial charge in [0.15, 0.2) is 6.04 Å². The lowest BCUT2D eigenvalue weighted by atomic mass is 10.2. The molecule has 24 heavy (non-hydrogen) atoms. The minimum absolute atomic E-state index is 0.174.